The highest BCUT2D eigenvalue weighted by Crippen LogP contribution is 2.27. The van der Waals surface area contributed by atoms with Gasteiger partial charge in [-0.05, 0) is 55.3 Å². The molecule has 0 unspecified atom stereocenters. The average molecular weight is 406 g/mol. The minimum Gasteiger partial charge on any atom is -0.497 e. The van der Waals surface area contributed by atoms with E-state index < -0.39 is 0 Å². The molecule has 1 aliphatic rings. The van der Waals surface area contributed by atoms with Crippen LogP contribution in [0.25, 0.3) is 10.9 Å². The van der Waals surface area contributed by atoms with Crippen molar-refractivity contribution in [3.8, 4) is 11.5 Å². The second-order valence-corrected chi connectivity index (χ2v) is 7.68. The van der Waals surface area contributed by atoms with Gasteiger partial charge in [-0.3, -0.25) is 9.59 Å². The number of nitrogens with one attached hydrogen (secondary N) is 1. The van der Waals surface area contributed by atoms with Gasteiger partial charge >= 0.3 is 0 Å². The maximum Gasteiger partial charge on any atom is 0.254 e. The summed E-state index contributed by atoms with van der Waals surface area (Å²) < 4.78 is 10.6. The van der Waals surface area contributed by atoms with Crippen LogP contribution >= 0.6 is 0 Å². The van der Waals surface area contributed by atoms with Crippen molar-refractivity contribution in [2.24, 2.45) is 0 Å². The molecule has 1 fully saturated rings. The summed E-state index contributed by atoms with van der Waals surface area (Å²) in [5.41, 5.74) is 1.71. The molecule has 0 aliphatic heterocycles. The van der Waals surface area contributed by atoms with E-state index >= 15 is 0 Å². The molecule has 156 valence electrons. The Morgan fingerprint density at radius 3 is 2.50 bits per heavy atom. The molecule has 0 radical (unpaired) electrons. The first kappa shape index (κ1) is 20.0. The predicted molar refractivity (Wildman–Crippen MR) is 116 cm³/mol. The third-order valence-electron chi connectivity index (χ3n) is 5.81. The van der Waals surface area contributed by atoms with E-state index in [9.17, 15) is 9.59 Å². The summed E-state index contributed by atoms with van der Waals surface area (Å²) in [5, 5.41) is 0.879. The number of pyridine rings is 1. The number of methoxy groups -OCH3 is 2. The standard InChI is InChI=1S/C24H26N2O4/c1-29-20-9-5-6-16(13-20)24(28)26(19-7-3-4-8-19)15-18-12-17-14-21(30-2)10-11-22(17)25-23(18)27/h5-6,9-14,19H,3-4,7-8,15H2,1-2H3,(H,25,27). The van der Waals surface area contributed by atoms with Crippen LogP contribution in [0.5, 0.6) is 11.5 Å². The Morgan fingerprint density at radius 1 is 1.03 bits per heavy atom. The summed E-state index contributed by atoms with van der Waals surface area (Å²) in [7, 11) is 3.20. The number of benzene rings is 2. The van der Waals surface area contributed by atoms with Gasteiger partial charge in [-0.1, -0.05) is 18.9 Å². The van der Waals surface area contributed by atoms with Crippen LogP contribution in [-0.4, -0.2) is 36.1 Å². The lowest BCUT2D eigenvalue weighted by Crippen LogP contribution is -2.39. The third-order valence-corrected chi connectivity index (χ3v) is 5.81. The second kappa shape index (κ2) is 8.61. The first-order chi connectivity index (χ1) is 14.6. The van der Waals surface area contributed by atoms with E-state index in [2.05, 4.69) is 4.98 Å². The van der Waals surface area contributed by atoms with Gasteiger partial charge in [0.25, 0.3) is 11.5 Å². The summed E-state index contributed by atoms with van der Waals surface area (Å²) >= 11 is 0. The number of hydrogen-bond donors (Lipinski definition) is 1. The monoisotopic (exact) mass is 406 g/mol. The summed E-state index contributed by atoms with van der Waals surface area (Å²) in [5.74, 6) is 1.29. The highest BCUT2D eigenvalue weighted by Gasteiger charge is 2.28. The molecule has 0 bridgehead atoms. The minimum absolute atomic E-state index is 0.0778. The van der Waals surface area contributed by atoms with Gasteiger partial charge in [0.1, 0.15) is 11.5 Å². The molecule has 0 saturated heterocycles. The predicted octanol–water partition coefficient (Wildman–Crippen LogP) is 4.13. The van der Waals surface area contributed by atoms with E-state index in [0.29, 0.717) is 16.9 Å². The van der Waals surface area contributed by atoms with Crippen LogP contribution in [0, 0.1) is 0 Å². The zero-order valence-electron chi connectivity index (χ0n) is 17.3. The highest BCUT2D eigenvalue weighted by atomic mass is 16.5. The first-order valence-corrected chi connectivity index (χ1v) is 10.2. The van der Waals surface area contributed by atoms with Gasteiger partial charge < -0.3 is 19.4 Å². The Kier molecular flexibility index (Phi) is 5.74. The van der Waals surface area contributed by atoms with Crippen LogP contribution in [0.15, 0.2) is 53.3 Å². The summed E-state index contributed by atoms with van der Waals surface area (Å²) in [6.45, 7) is 0.267. The molecule has 2 aromatic carbocycles. The molecule has 6 nitrogen and oxygen atoms in total. The number of amides is 1. The van der Waals surface area contributed by atoms with E-state index in [1.54, 1.807) is 26.4 Å². The van der Waals surface area contributed by atoms with Crippen LogP contribution in [0.4, 0.5) is 0 Å². The fourth-order valence-electron chi connectivity index (χ4n) is 4.16. The smallest absolute Gasteiger partial charge is 0.254 e. The zero-order chi connectivity index (χ0) is 21.1. The van der Waals surface area contributed by atoms with Crippen LogP contribution in [0.2, 0.25) is 0 Å². The van der Waals surface area contributed by atoms with Crippen molar-refractivity contribution in [2.45, 2.75) is 38.3 Å². The molecule has 4 rings (SSSR count). The number of carbonyl (C=O) groups is 1. The quantitative estimate of drug-likeness (QED) is 0.668. The average Bonchev–Trinajstić information content (AvgIpc) is 3.31. The SMILES string of the molecule is COc1cccc(C(=O)N(Cc2cc3cc(OC)ccc3[nH]c2=O)C2CCCC2)c1. The summed E-state index contributed by atoms with van der Waals surface area (Å²) in [4.78, 5) is 30.9. The maximum absolute atomic E-state index is 13.4. The molecule has 3 aromatic rings. The highest BCUT2D eigenvalue weighted by molar-refractivity contribution is 5.95. The first-order valence-electron chi connectivity index (χ1n) is 10.2. The molecule has 1 aromatic heterocycles. The van der Waals surface area contributed by atoms with Crippen LogP contribution in [-0.2, 0) is 6.54 Å². The van der Waals surface area contributed by atoms with Gasteiger partial charge in [-0.25, -0.2) is 0 Å². The number of carbonyl (C=O) groups excluding carboxylic acids is 1. The fourth-order valence-corrected chi connectivity index (χ4v) is 4.16. The number of hydrogen-bond acceptors (Lipinski definition) is 4. The lowest BCUT2D eigenvalue weighted by molar-refractivity contribution is 0.0663. The second-order valence-electron chi connectivity index (χ2n) is 7.68. The van der Waals surface area contributed by atoms with E-state index in [4.69, 9.17) is 9.47 Å². The summed E-state index contributed by atoms with van der Waals surface area (Å²) in [6, 6.07) is 14.7. The largest absolute Gasteiger partial charge is 0.497 e. The van der Waals surface area contributed by atoms with Gasteiger partial charge in [0.2, 0.25) is 0 Å². The van der Waals surface area contributed by atoms with Crippen LogP contribution < -0.4 is 15.0 Å². The molecule has 1 amide bonds. The summed E-state index contributed by atoms with van der Waals surface area (Å²) in [6.07, 6.45) is 4.10. The third kappa shape index (κ3) is 4.03. The molecular weight excluding hydrogens is 380 g/mol. The van der Waals surface area contributed by atoms with E-state index in [0.717, 1.165) is 42.3 Å². The number of fused-ring (bicyclic) bond motifs is 1. The number of aromatic nitrogens is 1. The van der Waals surface area contributed by atoms with Crippen LogP contribution in [0.3, 0.4) is 0 Å². The van der Waals surface area contributed by atoms with Crippen molar-refractivity contribution < 1.29 is 14.3 Å². The van der Waals surface area contributed by atoms with Crippen molar-refractivity contribution in [1.29, 1.82) is 0 Å². The van der Waals surface area contributed by atoms with Gasteiger partial charge in [0, 0.05) is 28.1 Å². The van der Waals surface area contributed by atoms with Crippen molar-refractivity contribution in [1.82, 2.24) is 9.88 Å². The minimum atomic E-state index is -0.172. The molecule has 30 heavy (non-hydrogen) atoms. The van der Waals surface area contributed by atoms with E-state index in [1.807, 2.05) is 41.3 Å². The fraction of sp³-hybridized carbons (Fsp3) is 0.333. The van der Waals surface area contributed by atoms with Gasteiger partial charge in [-0.2, -0.15) is 0 Å². The molecule has 0 atom stereocenters. The lowest BCUT2D eigenvalue weighted by Gasteiger charge is -2.29. The zero-order valence-corrected chi connectivity index (χ0v) is 17.3. The Labute approximate surface area is 175 Å². The molecule has 1 saturated carbocycles. The topological polar surface area (TPSA) is 71.6 Å². The molecular formula is C24H26N2O4. The van der Waals surface area contributed by atoms with E-state index in [1.165, 1.54) is 0 Å². The van der Waals surface area contributed by atoms with Crippen molar-refractivity contribution >= 4 is 16.8 Å². The van der Waals surface area contributed by atoms with Gasteiger partial charge in [0.05, 0.1) is 20.8 Å². The lowest BCUT2D eigenvalue weighted by atomic mass is 10.1. The number of nitrogens with zero attached hydrogens (tertiary/aromatic N) is 1. The Hall–Kier alpha value is -3.28. The number of ether oxygens (including phenoxy) is 2. The Balaban J connectivity index is 1.70. The normalized spacial score (nSPS) is 14.1. The number of H-pyrrole nitrogens is 1. The van der Waals surface area contributed by atoms with Crippen molar-refractivity contribution in [2.75, 3.05) is 14.2 Å². The Bertz CT molecular complexity index is 1120. The molecule has 1 heterocycles. The van der Waals surface area contributed by atoms with Crippen molar-refractivity contribution in [3.63, 3.8) is 0 Å². The van der Waals surface area contributed by atoms with Crippen molar-refractivity contribution in [3.05, 3.63) is 70.0 Å². The molecule has 1 N–H and O–H groups in total. The molecule has 1 aliphatic carbocycles. The molecule has 0 spiro atoms. The van der Waals surface area contributed by atoms with E-state index in [-0.39, 0.29) is 24.1 Å². The maximum atomic E-state index is 13.4. The van der Waals surface area contributed by atoms with Gasteiger partial charge in [-0.15, -0.1) is 0 Å². The molecule has 6 heteroatoms. The Morgan fingerprint density at radius 2 is 1.77 bits per heavy atom. The number of aromatic amines is 1. The number of rotatable bonds is 6. The van der Waals surface area contributed by atoms with Crippen LogP contribution in [0.1, 0.15) is 41.6 Å². The van der Waals surface area contributed by atoms with Gasteiger partial charge in [0.15, 0.2) is 0 Å².